The first kappa shape index (κ1) is 23.3. The number of phenolic OH excluding ortho intramolecular Hbond substituents is 1. The van der Waals surface area contributed by atoms with Crippen LogP contribution in [0.3, 0.4) is 0 Å². The summed E-state index contributed by atoms with van der Waals surface area (Å²) >= 11 is 0. The Bertz CT molecular complexity index is 652. The van der Waals surface area contributed by atoms with Crippen LogP contribution in [-0.4, -0.2) is 64.4 Å². The van der Waals surface area contributed by atoms with Crippen LogP contribution in [0.2, 0.25) is 0 Å². The van der Waals surface area contributed by atoms with Crippen molar-refractivity contribution in [2.75, 3.05) is 13.2 Å². The highest BCUT2D eigenvalue weighted by molar-refractivity contribution is 5.92. The largest absolute Gasteiger partial charge is 0.508 e. The van der Waals surface area contributed by atoms with Gasteiger partial charge in [-0.3, -0.25) is 9.59 Å². The lowest BCUT2D eigenvalue weighted by molar-refractivity contribution is -0.143. The maximum Gasteiger partial charge on any atom is 0.328 e. The molecule has 0 aliphatic heterocycles. The Labute approximate surface area is 162 Å². The molecule has 0 saturated heterocycles. The van der Waals surface area contributed by atoms with Crippen molar-refractivity contribution in [2.24, 2.45) is 11.5 Å². The number of amides is 2. The molecular weight excluding hydrogens is 368 g/mol. The molecule has 0 aliphatic carbocycles. The van der Waals surface area contributed by atoms with Crippen LogP contribution >= 0.6 is 0 Å². The fourth-order valence-corrected chi connectivity index (χ4v) is 2.45. The lowest BCUT2D eigenvalue weighted by Crippen LogP contribution is -2.55. The minimum atomic E-state index is -1.50. The SMILES string of the molecule is NCCCC[C@H](N)C(=O)N[C@H](Cc1ccc(O)cc1)C(=O)N[C@@H](CO)C(=O)O. The zero-order valence-electron chi connectivity index (χ0n) is 15.5. The number of nitrogens with two attached hydrogens (primary N) is 2. The van der Waals surface area contributed by atoms with Gasteiger partial charge < -0.3 is 37.4 Å². The zero-order valence-corrected chi connectivity index (χ0v) is 15.5. The number of benzene rings is 1. The van der Waals surface area contributed by atoms with Gasteiger partial charge in [-0.05, 0) is 37.1 Å². The lowest BCUT2D eigenvalue weighted by Gasteiger charge is -2.22. The number of aliphatic hydroxyl groups excluding tert-OH is 1. The van der Waals surface area contributed by atoms with Gasteiger partial charge in [-0.15, -0.1) is 0 Å². The first-order chi connectivity index (χ1) is 13.3. The van der Waals surface area contributed by atoms with Gasteiger partial charge in [-0.2, -0.15) is 0 Å². The van der Waals surface area contributed by atoms with Gasteiger partial charge in [-0.25, -0.2) is 4.79 Å². The average Bonchev–Trinajstić information content (AvgIpc) is 2.66. The predicted octanol–water partition coefficient (Wildman–Crippen LogP) is -1.56. The van der Waals surface area contributed by atoms with Crippen LogP contribution in [0.4, 0.5) is 0 Å². The first-order valence-corrected chi connectivity index (χ1v) is 8.96. The van der Waals surface area contributed by atoms with Gasteiger partial charge >= 0.3 is 5.97 Å². The molecule has 0 heterocycles. The van der Waals surface area contributed by atoms with Gasteiger partial charge in [0.25, 0.3) is 0 Å². The summed E-state index contributed by atoms with van der Waals surface area (Å²) in [7, 11) is 0. The normalized spacial score (nSPS) is 14.0. The van der Waals surface area contributed by atoms with Crippen molar-refractivity contribution in [3.8, 4) is 5.75 Å². The zero-order chi connectivity index (χ0) is 21.1. The van der Waals surface area contributed by atoms with Gasteiger partial charge in [0.15, 0.2) is 0 Å². The molecule has 10 nitrogen and oxygen atoms in total. The molecule has 3 atom stereocenters. The number of phenols is 1. The van der Waals surface area contributed by atoms with E-state index in [9.17, 15) is 19.5 Å². The summed E-state index contributed by atoms with van der Waals surface area (Å²) in [5, 5.41) is 32.2. The number of aromatic hydroxyl groups is 1. The molecule has 1 aromatic carbocycles. The smallest absolute Gasteiger partial charge is 0.328 e. The molecule has 28 heavy (non-hydrogen) atoms. The van der Waals surface area contributed by atoms with Crippen LogP contribution in [-0.2, 0) is 20.8 Å². The monoisotopic (exact) mass is 396 g/mol. The summed E-state index contributed by atoms with van der Waals surface area (Å²) < 4.78 is 0. The molecular formula is C18H28N4O6. The summed E-state index contributed by atoms with van der Waals surface area (Å²) in [6.07, 6.45) is 1.82. The molecule has 156 valence electrons. The number of hydrogen-bond donors (Lipinski definition) is 7. The molecule has 2 amide bonds. The molecule has 0 bridgehead atoms. The van der Waals surface area contributed by atoms with E-state index in [2.05, 4.69) is 10.6 Å². The van der Waals surface area contributed by atoms with E-state index in [-0.39, 0.29) is 12.2 Å². The molecule has 9 N–H and O–H groups in total. The number of unbranched alkanes of at least 4 members (excludes halogenated alkanes) is 1. The van der Waals surface area contributed by atoms with Crippen LogP contribution in [0.1, 0.15) is 24.8 Å². The maximum atomic E-state index is 12.5. The fraction of sp³-hybridized carbons (Fsp3) is 0.500. The number of nitrogens with one attached hydrogen (secondary N) is 2. The van der Waals surface area contributed by atoms with E-state index in [4.69, 9.17) is 21.7 Å². The third-order valence-electron chi connectivity index (χ3n) is 4.11. The highest BCUT2D eigenvalue weighted by Gasteiger charge is 2.27. The summed E-state index contributed by atoms with van der Waals surface area (Å²) in [6, 6.07) is 2.57. The summed E-state index contributed by atoms with van der Waals surface area (Å²) in [5.74, 6) is -2.67. The van der Waals surface area contributed by atoms with Crippen molar-refractivity contribution in [3.63, 3.8) is 0 Å². The number of aliphatic hydroxyl groups is 1. The number of hydrogen-bond acceptors (Lipinski definition) is 7. The van der Waals surface area contributed by atoms with Crippen LogP contribution < -0.4 is 22.1 Å². The second kappa shape index (κ2) is 11.9. The highest BCUT2D eigenvalue weighted by atomic mass is 16.4. The van der Waals surface area contributed by atoms with E-state index < -0.39 is 42.5 Å². The van der Waals surface area contributed by atoms with Crippen LogP contribution in [0.15, 0.2) is 24.3 Å². The molecule has 0 saturated carbocycles. The first-order valence-electron chi connectivity index (χ1n) is 8.96. The lowest BCUT2D eigenvalue weighted by atomic mass is 10.0. The van der Waals surface area contributed by atoms with Crippen molar-refractivity contribution in [3.05, 3.63) is 29.8 Å². The van der Waals surface area contributed by atoms with Gasteiger partial charge in [0.1, 0.15) is 17.8 Å². The quantitative estimate of drug-likeness (QED) is 0.206. The number of carboxylic acids is 1. The Hall–Kier alpha value is -2.69. The van der Waals surface area contributed by atoms with E-state index in [1.165, 1.54) is 12.1 Å². The summed E-state index contributed by atoms with van der Waals surface area (Å²) in [4.78, 5) is 35.9. The molecule has 1 rings (SSSR count). The number of carbonyl (C=O) groups is 3. The molecule has 0 spiro atoms. The number of aliphatic carboxylic acids is 1. The van der Waals surface area contributed by atoms with Crippen LogP contribution in [0.5, 0.6) is 5.75 Å². The van der Waals surface area contributed by atoms with Crippen molar-refractivity contribution >= 4 is 17.8 Å². The Kier molecular flexibility index (Phi) is 9.93. The Balaban J connectivity index is 2.87. The molecule has 0 unspecified atom stereocenters. The van der Waals surface area contributed by atoms with Crippen molar-refractivity contribution in [1.82, 2.24) is 10.6 Å². The average molecular weight is 396 g/mol. The van der Waals surface area contributed by atoms with Gasteiger partial charge in [0.05, 0.1) is 12.6 Å². The Morgan fingerprint density at radius 3 is 2.14 bits per heavy atom. The predicted molar refractivity (Wildman–Crippen MR) is 101 cm³/mol. The Morgan fingerprint density at radius 1 is 1.00 bits per heavy atom. The van der Waals surface area contributed by atoms with E-state index >= 15 is 0 Å². The summed E-state index contributed by atoms with van der Waals surface area (Å²) in [6.45, 7) is -0.308. The van der Waals surface area contributed by atoms with E-state index in [1.54, 1.807) is 12.1 Å². The number of carboxylic acid groups (broad SMARTS) is 1. The molecule has 10 heteroatoms. The minimum Gasteiger partial charge on any atom is -0.508 e. The topological polar surface area (TPSA) is 188 Å². The van der Waals surface area contributed by atoms with Crippen molar-refractivity contribution < 1.29 is 29.7 Å². The highest BCUT2D eigenvalue weighted by Crippen LogP contribution is 2.12. The van der Waals surface area contributed by atoms with Crippen molar-refractivity contribution in [2.45, 2.75) is 43.8 Å². The van der Waals surface area contributed by atoms with Crippen molar-refractivity contribution in [1.29, 1.82) is 0 Å². The van der Waals surface area contributed by atoms with Gasteiger partial charge in [-0.1, -0.05) is 18.6 Å². The van der Waals surface area contributed by atoms with E-state index in [1.807, 2.05) is 0 Å². The third-order valence-corrected chi connectivity index (χ3v) is 4.11. The molecule has 0 fully saturated rings. The Morgan fingerprint density at radius 2 is 1.61 bits per heavy atom. The van der Waals surface area contributed by atoms with E-state index in [0.717, 1.165) is 6.42 Å². The number of carbonyl (C=O) groups excluding carboxylic acids is 2. The molecule has 0 radical (unpaired) electrons. The second-order valence-corrected chi connectivity index (χ2v) is 6.40. The summed E-state index contributed by atoms with van der Waals surface area (Å²) in [5.41, 5.74) is 11.9. The maximum absolute atomic E-state index is 12.5. The number of rotatable bonds is 12. The molecule has 0 aromatic heterocycles. The van der Waals surface area contributed by atoms with E-state index in [0.29, 0.717) is 24.9 Å². The fourth-order valence-electron chi connectivity index (χ4n) is 2.45. The standard InChI is InChI=1S/C18H28N4O6/c19-8-2-1-3-13(20)16(25)21-14(9-11-4-6-12(24)7-5-11)17(26)22-15(10-23)18(27)28/h4-7,13-15,23-24H,1-3,8-10,19-20H2,(H,21,25)(H,22,26)(H,27,28)/t13-,14+,15-/m0/s1. The van der Waals surface area contributed by atoms with Gasteiger partial charge in [0, 0.05) is 6.42 Å². The third kappa shape index (κ3) is 7.91. The molecule has 1 aromatic rings. The second-order valence-electron chi connectivity index (χ2n) is 6.40. The minimum absolute atomic E-state index is 0.0435. The van der Waals surface area contributed by atoms with Crippen LogP contribution in [0.25, 0.3) is 0 Å². The van der Waals surface area contributed by atoms with Crippen LogP contribution in [0, 0.1) is 0 Å². The molecule has 0 aliphatic rings. The van der Waals surface area contributed by atoms with Gasteiger partial charge in [0.2, 0.25) is 11.8 Å².